The van der Waals surface area contributed by atoms with E-state index in [0.717, 1.165) is 56.2 Å². The number of fused-ring (bicyclic) bond motifs is 1. The Morgan fingerprint density at radius 3 is 2.90 bits per heavy atom. The maximum Gasteiger partial charge on any atom is 0.189 e. The maximum absolute atomic E-state index is 13.6. The molecule has 0 aromatic rings. The Labute approximate surface area is 194 Å². The lowest BCUT2D eigenvalue weighted by molar-refractivity contribution is -0.124. The average Bonchev–Trinajstić information content (AvgIpc) is 3.06. The Morgan fingerprint density at radius 1 is 1.19 bits per heavy atom. The zero-order chi connectivity index (χ0) is 21.4. The number of aliphatic imine (C=N–C) groups is 1. The summed E-state index contributed by atoms with van der Waals surface area (Å²) in [6.45, 7) is 5.94. The molecular weight excluding hydrogens is 422 g/mol. The van der Waals surface area contributed by atoms with Crippen molar-refractivity contribution < 1.29 is 4.79 Å². The van der Waals surface area contributed by atoms with Crippen LogP contribution in [0.3, 0.4) is 0 Å². The van der Waals surface area contributed by atoms with Gasteiger partial charge in [0.25, 0.3) is 0 Å². The van der Waals surface area contributed by atoms with E-state index in [4.69, 9.17) is 5.73 Å². The minimum Gasteiger partial charge on any atom is -0.370 e. The van der Waals surface area contributed by atoms with Crippen molar-refractivity contribution in [3.63, 3.8) is 0 Å². The van der Waals surface area contributed by atoms with E-state index < -0.39 is 0 Å². The molecule has 0 unspecified atom stereocenters. The van der Waals surface area contributed by atoms with Crippen molar-refractivity contribution in [2.45, 2.75) is 77.2 Å². The zero-order valence-corrected chi connectivity index (χ0v) is 20.7. The van der Waals surface area contributed by atoms with Gasteiger partial charge in [-0.2, -0.15) is 0 Å². The molecule has 31 heavy (non-hydrogen) atoms. The van der Waals surface area contributed by atoms with Crippen molar-refractivity contribution in [1.29, 1.82) is 0 Å². The summed E-state index contributed by atoms with van der Waals surface area (Å²) in [7, 11) is 4.09. The van der Waals surface area contributed by atoms with Crippen molar-refractivity contribution in [2.75, 3.05) is 18.1 Å². The van der Waals surface area contributed by atoms with Crippen LogP contribution in [0.2, 0.25) is 0 Å². The van der Waals surface area contributed by atoms with E-state index in [-0.39, 0.29) is 11.0 Å². The molecule has 0 aromatic heterocycles. The number of allylic oxidation sites excluding steroid dienone is 2. The summed E-state index contributed by atoms with van der Waals surface area (Å²) in [6, 6.07) is 0. The molecule has 2 heterocycles. The van der Waals surface area contributed by atoms with Gasteiger partial charge in [-0.05, 0) is 86.0 Å². The quantitative estimate of drug-likeness (QED) is 0.502. The van der Waals surface area contributed by atoms with Crippen LogP contribution in [-0.2, 0) is 4.79 Å². The molecule has 4 aliphatic carbocycles. The van der Waals surface area contributed by atoms with Gasteiger partial charge in [0.1, 0.15) is 0 Å². The molecule has 6 aliphatic rings. The lowest BCUT2D eigenvalue weighted by Crippen LogP contribution is -2.56. The summed E-state index contributed by atoms with van der Waals surface area (Å²) in [5, 5.41) is 3.56. The molecule has 170 valence electrons. The fraction of sp³-hybridized carbons (Fsp3) is 0.840. The molecule has 6 rings (SSSR count). The first-order chi connectivity index (χ1) is 14.9. The molecule has 2 spiro atoms. The lowest BCUT2D eigenvalue weighted by Gasteiger charge is -2.57. The van der Waals surface area contributed by atoms with Crippen molar-refractivity contribution >= 4 is 33.3 Å². The SMILES string of the molecule is C[C@@H]1[C@H]2CC[C@@H]3C4=C5CCC[C@]6(CCN=C(N)N6)CSSCC[C@@](C)([C@@H]3C2)[C@]41CC5=O. The van der Waals surface area contributed by atoms with Crippen LogP contribution in [-0.4, -0.2) is 35.3 Å². The van der Waals surface area contributed by atoms with Crippen molar-refractivity contribution in [1.82, 2.24) is 5.32 Å². The van der Waals surface area contributed by atoms with E-state index in [0.29, 0.717) is 29.0 Å². The highest BCUT2D eigenvalue weighted by Crippen LogP contribution is 2.79. The van der Waals surface area contributed by atoms with E-state index in [1.54, 1.807) is 5.57 Å². The highest BCUT2D eigenvalue weighted by Gasteiger charge is 2.73. The molecule has 0 aromatic carbocycles. The number of hydrogen-bond acceptors (Lipinski definition) is 6. The number of Topliss-reactive ketones (excluding diaryl/α,β-unsaturated/α-hetero) is 1. The van der Waals surface area contributed by atoms with Gasteiger partial charge in [0.2, 0.25) is 0 Å². The smallest absolute Gasteiger partial charge is 0.189 e. The Kier molecular flexibility index (Phi) is 4.86. The number of carbonyl (C=O) groups is 1. The first kappa shape index (κ1) is 20.9. The normalized spacial score (nSPS) is 49.4. The number of nitrogens with one attached hydrogen (secondary N) is 1. The van der Waals surface area contributed by atoms with Gasteiger partial charge in [0.15, 0.2) is 11.7 Å². The Bertz CT molecular complexity index is 871. The number of ketones is 1. The van der Waals surface area contributed by atoms with Gasteiger partial charge in [-0.3, -0.25) is 9.79 Å². The lowest BCUT2D eigenvalue weighted by atomic mass is 9.47. The molecule has 7 atom stereocenters. The Hall–Kier alpha value is -0.620. The molecule has 3 fully saturated rings. The fourth-order valence-electron chi connectivity index (χ4n) is 9.19. The highest BCUT2D eigenvalue weighted by molar-refractivity contribution is 8.76. The molecule has 2 aliphatic heterocycles. The number of carbonyl (C=O) groups excluding carboxylic acids is 1. The summed E-state index contributed by atoms with van der Waals surface area (Å²) >= 11 is 0. The van der Waals surface area contributed by atoms with Gasteiger partial charge in [-0.25, -0.2) is 0 Å². The van der Waals surface area contributed by atoms with Crippen LogP contribution < -0.4 is 11.1 Å². The maximum atomic E-state index is 13.6. The van der Waals surface area contributed by atoms with Gasteiger partial charge < -0.3 is 11.1 Å². The standard InChI is InChI=1S/C25H37N3OS2/c1-15-16-5-6-17-19(12-16)23(2)9-11-30-31-14-24(8-10-27-22(26)28-24)7-3-4-18-20(29)13-25(15,23)21(17)18/h15-17,19H,3-14H2,1-2H3,(H3,26,27,28)/t15-,16+,17+,19-,23+,24+,25+/m1/s1. The molecule has 3 N–H and O–H groups in total. The van der Waals surface area contributed by atoms with Gasteiger partial charge in [0.05, 0.1) is 5.54 Å². The largest absolute Gasteiger partial charge is 0.370 e. The van der Waals surface area contributed by atoms with Crippen molar-refractivity contribution in [2.24, 2.45) is 45.2 Å². The minimum absolute atomic E-state index is 0.0344. The first-order valence-corrected chi connectivity index (χ1v) is 15.0. The highest BCUT2D eigenvalue weighted by atomic mass is 33.1. The molecule has 6 bridgehead atoms. The van der Waals surface area contributed by atoms with Gasteiger partial charge >= 0.3 is 0 Å². The van der Waals surface area contributed by atoms with Crippen LogP contribution in [0.25, 0.3) is 0 Å². The Morgan fingerprint density at radius 2 is 2.06 bits per heavy atom. The molecule has 6 heteroatoms. The van der Waals surface area contributed by atoms with Crippen molar-refractivity contribution in [3.05, 3.63) is 11.1 Å². The molecule has 4 nitrogen and oxygen atoms in total. The van der Waals surface area contributed by atoms with Crippen LogP contribution in [0.1, 0.15) is 71.6 Å². The van der Waals surface area contributed by atoms with Crippen molar-refractivity contribution in [3.8, 4) is 0 Å². The second-order valence-electron chi connectivity index (χ2n) is 11.6. The first-order valence-electron chi connectivity index (χ1n) is 12.5. The van der Waals surface area contributed by atoms with Crippen LogP contribution in [0, 0.1) is 34.5 Å². The third-order valence-electron chi connectivity index (χ3n) is 10.6. The molecule has 0 saturated heterocycles. The summed E-state index contributed by atoms with van der Waals surface area (Å²) < 4.78 is 0. The number of nitrogens with zero attached hydrogens (tertiary/aromatic N) is 1. The van der Waals surface area contributed by atoms with Gasteiger partial charge in [-0.15, -0.1) is 0 Å². The second-order valence-corrected chi connectivity index (χ2v) is 14.1. The zero-order valence-electron chi connectivity index (χ0n) is 19.0. The molecule has 0 radical (unpaired) electrons. The van der Waals surface area contributed by atoms with Crippen LogP contribution in [0.4, 0.5) is 0 Å². The van der Waals surface area contributed by atoms with E-state index in [1.165, 1.54) is 37.0 Å². The summed E-state index contributed by atoms with van der Waals surface area (Å²) in [6.07, 6.45) is 10.4. The number of nitrogens with two attached hydrogens (primary N) is 1. The molecule has 0 amide bonds. The Balaban J connectivity index is 1.40. The van der Waals surface area contributed by atoms with Crippen LogP contribution in [0.5, 0.6) is 0 Å². The monoisotopic (exact) mass is 459 g/mol. The number of hydrogen-bond donors (Lipinski definition) is 2. The van der Waals surface area contributed by atoms with Gasteiger partial charge in [-0.1, -0.05) is 41.0 Å². The summed E-state index contributed by atoms with van der Waals surface area (Å²) in [5.41, 5.74) is 9.57. The predicted molar refractivity (Wildman–Crippen MR) is 131 cm³/mol. The number of guanidine groups is 1. The van der Waals surface area contributed by atoms with E-state index in [1.807, 2.05) is 10.8 Å². The minimum atomic E-state index is 0.0344. The van der Waals surface area contributed by atoms with Crippen LogP contribution in [0.15, 0.2) is 16.1 Å². The molecular formula is C25H37N3OS2. The van der Waals surface area contributed by atoms with Crippen LogP contribution >= 0.6 is 21.6 Å². The summed E-state index contributed by atoms with van der Waals surface area (Å²) in [5.74, 6) is 6.39. The third kappa shape index (κ3) is 2.76. The van der Waals surface area contributed by atoms with Gasteiger partial charge in [0, 0.05) is 29.9 Å². The molecule has 3 saturated carbocycles. The average molecular weight is 460 g/mol. The van der Waals surface area contributed by atoms with E-state index in [9.17, 15) is 4.79 Å². The third-order valence-corrected chi connectivity index (χ3v) is 13.2. The van der Waals surface area contributed by atoms with E-state index >= 15 is 0 Å². The fourth-order valence-corrected chi connectivity index (χ4v) is 12.0. The predicted octanol–water partition coefficient (Wildman–Crippen LogP) is 4.95. The number of rotatable bonds is 0. The second kappa shape index (κ2) is 7.19. The summed E-state index contributed by atoms with van der Waals surface area (Å²) in [4.78, 5) is 18.0. The van der Waals surface area contributed by atoms with E-state index in [2.05, 4.69) is 35.0 Å². The topological polar surface area (TPSA) is 67.5 Å².